The Hall–Kier alpha value is -3.55. The fourth-order valence-electron chi connectivity index (χ4n) is 3.18. The van der Waals surface area contributed by atoms with E-state index >= 15 is 0 Å². The maximum absolute atomic E-state index is 12.6. The molecule has 0 saturated heterocycles. The van der Waals surface area contributed by atoms with Crippen LogP contribution in [0.25, 0.3) is 11.0 Å². The molecule has 0 aliphatic heterocycles. The number of benzene rings is 2. The van der Waals surface area contributed by atoms with Crippen LogP contribution in [0.2, 0.25) is 0 Å². The zero-order chi connectivity index (χ0) is 22.5. The van der Waals surface area contributed by atoms with E-state index in [9.17, 15) is 9.59 Å². The van der Waals surface area contributed by atoms with Gasteiger partial charge in [-0.15, -0.1) is 0 Å². The van der Waals surface area contributed by atoms with Gasteiger partial charge in [0.2, 0.25) is 0 Å². The highest BCUT2D eigenvalue weighted by Crippen LogP contribution is 2.19. The Labute approximate surface area is 182 Å². The van der Waals surface area contributed by atoms with Gasteiger partial charge in [-0.2, -0.15) is 0 Å². The lowest BCUT2D eigenvalue weighted by atomic mass is 10.2. The SMILES string of the molecule is CCOc1ccc(NC(=O)N(C)Cc2nc3cc(C(=O)NC(C)C)ccc3n2C)cc1. The molecule has 3 amide bonds. The predicted octanol–water partition coefficient (Wildman–Crippen LogP) is 3.77. The van der Waals surface area contributed by atoms with Gasteiger partial charge in [-0.3, -0.25) is 4.79 Å². The first-order chi connectivity index (χ1) is 14.8. The second-order valence-electron chi connectivity index (χ2n) is 7.66. The number of hydrogen-bond acceptors (Lipinski definition) is 4. The van der Waals surface area contributed by atoms with Crippen LogP contribution in [0.5, 0.6) is 5.75 Å². The summed E-state index contributed by atoms with van der Waals surface area (Å²) in [5, 5.41) is 5.75. The van der Waals surface area contributed by atoms with Crippen molar-refractivity contribution in [1.82, 2.24) is 19.8 Å². The Kier molecular flexibility index (Phi) is 6.79. The summed E-state index contributed by atoms with van der Waals surface area (Å²) in [6, 6.07) is 12.5. The van der Waals surface area contributed by atoms with Crippen LogP contribution in [0.1, 0.15) is 37.0 Å². The number of rotatable bonds is 7. The fraction of sp³-hybridized carbons (Fsp3) is 0.348. The summed E-state index contributed by atoms with van der Waals surface area (Å²) in [5.41, 5.74) is 2.87. The molecule has 3 rings (SSSR count). The smallest absolute Gasteiger partial charge is 0.321 e. The van der Waals surface area contributed by atoms with Crippen LogP contribution in [0.4, 0.5) is 10.5 Å². The van der Waals surface area contributed by atoms with Crippen LogP contribution >= 0.6 is 0 Å². The third-order valence-corrected chi connectivity index (χ3v) is 4.80. The molecule has 0 atom stereocenters. The minimum absolute atomic E-state index is 0.0602. The molecule has 0 bridgehead atoms. The minimum Gasteiger partial charge on any atom is -0.494 e. The lowest BCUT2D eigenvalue weighted by Crippen LogP contribution is -2.31. The number of carbonyl (C=O) groups is 2. The van der Waals surface area contributed by atoms with Crippen LogP contribution in [-0.4, -0.2) is 46.1 Å². The van der Waals surface area contributed by atoms with Crippen molar-refractivity contribution in [3.63, 3.8) is 0 Å². The third kappa shape index (κ3) is 5.33. The number of aryl methyl sites for hydroxylation is 1. The molecule has 8 heteroatoms. The summed E-state index contributed by atoms with van der Waals surface area (Å²) >= 11 is 0. The van der Waals surface area contributed by atoms with Crippen LogP contribution < -0.4 is 15.4 Å². The standard InChI is InChI=1S/C23H29N5O3/c1-6-31-18-10-8-17(9-11-18)25-23(30)27(4)14-21-26-19-13-16(22(29)24-15(2)3)7-12-20(19)28(21)5/h7-13,15H,6,14H2,1-5H3,(H,24,29)(H,25,30). The molecule has 0 fully saturated rings. The quantitative estimate of drug-likeness (QED) is 0.605. The number of nitrogens with zero attached hydrogens (tertiary/aromatic N) is 3. The van der Waals surface area contributed by atoms with E-state index in [2.05, 4.69) is 15.6 Å². The third-order valence-electron chi connectivity index (χ3n) is 4.80. The average molecular weight is 424 g/mol. The second kappa shape index (κ2) is 9.51. The highest BCUT2D eigenvalue weighted by molar-refractivity contribution is 5.97. The van der Waals surface area contributed by atoms with Crippen molar-refractivity contribution in [3.05, 3.63) is 53.9 Å². The summed E-state index contributed by atoms with van der Waals surface area (Å²) in [6.07, 6.45) is 0. The van der Waals surface area contributed by atoms with Gasteiger partial charge in [-0.1, -0.05) is 0 Å². The Morgan fingerprint density at radius 1 is 1.16 bits per heavy atom. The number of hydrogen-bond donors (Lipinski definition) is 2. The lowest BCUT2D eigenvalue weighted by Gasteiger charge is -2.18. The predicted molar refractivity (Wildman–Crippen MR) is 121 cm³/mol. The largest absolute Gasteiger partial charge is 0.494 e. The van der Waals surface area contributed by atoms with Gasteiger partial charge in [0.25, 0.3) is 5.91 Å². The van der Waals surface area contributed by atoms with E-state index in [1.165, 1.54) is 0 Å². The topological polar surface area (TPSA) is 88.5 Å². The molecule has 0 spiro atoms. The average Bonchev–Trinajstić information content (AvgIpc) is 3.03. The van der Waals surface area contributed by atoms with Crippen LogP contribution in [-0.2, 0) is 13.6 Å². The van der Waals surface area contributed by atoms with E-state index in [1.807, 2.05) is 50.6 Å². The number of amides is 3. The first-order valence-electron chi connectivity index (χ1n) is 10.3. The van der Waals surface area contributed by atoms with E-state index in [4.69, 9.17) is 4.74 Å². The molecule has 0 aliphatic rings. The number of aromatic nitrogens is 2. The monoisotopic (exact) mass is 423 g/mol. The number of carbonyl (C=O) groups excluding carboxylic acids is 2. The summed E-state index contributed by atoms with van der Waals surface area (Å²) < 4.78 is 7.35. The molecule has 0 saturated carbocycles. The molecule has 3 aromatic rings. The molecule has 0 unspecified atom stereocenters. The van der Waals surface area contributed by atoms with Crippen molar-refractivity contribution >= 4 is 28.7 Å². The Balaban J connectivity index is 1.70. The zero-order valence-electron chi connectivity index (χ0n) is 18.6. The summed E-state index contributed by atoms with van der Waals surface area (Å²) in [7, 11) is 3.61. The lowest BCUT2D eigenvalue weighted by molar-refractivity contribution is 0.0943. The molecule has 0 radical (unpaired) electrons. The number of imidazole rings is 1. The summed E-state index contributed by atoms with van der Waals surface area (Å²) in [5.74, 6) is 1.35. The van der Waals surface area contributed by atoms with Crippen molar-refractivity contribution in [2.24, 2.45) is 7.05 Å². The Morgan fingerprint density at radius 3 is 2.52 bits per heavy atom. The maximum Gasteiger partial charge on any atom is 0.321 e. The minimum atomic E-state index is -0.242. The highest BCUT2D eigenvalue weighted by atomic mass is 16.5. The number of nitrogens with one attached hydrogen (secondary N) is 2. The molecular weight excluding hydrogens is 394 g/mol. The molecular formula is C23H29N5O3. The van der Waals surface area contributed by atoms with Gasteiger partial charge in [-0.05, 0) is 63.2 Å². The molecule has 2 N–H and O–H groups in total. The number of anilines is 1. The normalized spacial score (nSPS) is 10.9. The number of ether oxygens (including phenoxy) is 1. The molecule has 164 valence electrons. The molecule has 31 heavy (non-hydrogen) atoms. The first kappa shape index (κ1) is 22.1. The van der Waals surface area contributed by atoms with E-state index in [-0.39, 0.29) is 18.0 Å². The summed E-state index contributed by atoms with van der Waals surface area (Å²) in [4.78, 5) is 31.1. The van der Waals surface area contributed by atoms with Crippen LogP contribution in [0.15, 0.2) is 42.5 Å². The molecule has 0 aliphatic carbocycles. The Morgan fingerprint density at radius 2 is 1.87 bits per heavy atom. The molecule has 1 aromatic heterocycles. The van der Waals surface area contributed by atoms with Crippen LogP contribution in [0, 0.1) is 0 Å². The van der Waals surface area contributed by atoms with Gasteiger partial charge in [0.15, 0.2) is 0 Å². The van der Waals surface area contributed by atoms with Gasteiger partial charge in [-0.25, -0.2) is 9.78 Å². The van der Waals surface area contributed by atoms with Crippen molar-refractivity contribution < 1.29 is 14.3 Å². The van der Waals surface area contributed by atoms with E-state index < -0.39 is 0 Å². The first-order valence-corrected chi connectivity index (χ1v) is 10.3. The molecule has 2 aromatic carbocycles. The fourth-order valence-corrected chi connectivity index (χ4v) is 3.18. The zero-order valence-corrected chi connectivity index (χ0v) is 18.6. The maximum atomic E-state index is 12.6. The second-order valence-corrected chi connectivity index (χ2v) is 7.66. The van der Waals surface area contributed by atoms with Crippen molar-refractivity contribution in [2.45, 2.75) is 33.4 Å². The highest BCUT2D eigenvalue weighted by Gasteiger charge is 2.16. The number of urea groups is 1. The van der Waals surface area contributed by atoms with Gasteiger partial charge in [0.05, 0.1) is 24.2 Å². The molecule has 8 nitrogen and oxygen atoms in total. The van der Waals surface area contributed by atoms with Gasteiger partial charge >= 0.3 is 6.03 Å². The van der Waals surface area contributed by atoms with Gasteiger partial charge in [0, 0.05) is 31.4 Å². The van der Waals surface area contributed by atoms with E-state index in [0.717, 1.165) is 17.1 Å². The van der Waals surface area contributed by atoms with Crippen molar-refractivity contribution in [3.8, 4) is 5.75 Å². The van der Waals surface area contributed by atoms with Gasteiger partial charge < -0.3 is 24.8 Å². The van der Waals surface area contributed by atoms with E-state index in [1.54, 1.807) is 36.2 Å². The van der Waals surface area contributed by atoms with Gasteiger partial charge in [0.1, 0.15) is 11.6 Å². The van der Waals surface area contributed by atoms with Crippen LogP contribution in [0.3, 0.4) is 0 Å². The van der Waals surface area contributed by atoms with Crippen molar-refractivity contribution in [2.75, 3.05) is 19.0 Å². The summed E-state index contributed by atoms with van der Waals surface area (Å²) in [6.45, 7) is 6.68. The number of fused-ring (bicyclic) bond motifs is 1. The Bertz CT molecular complexity index is 1070. The van der Waals surface area contributed by atoms with E-state index in [0.29, 0.717) is 29.9 Å². The van der Waals surface area contributed by atoms with Crippen molar-refractivity contribution in [1.29, 1.82) is 0 Å². The molecule has 1 heterocycles.